The molecule has 0 bridgehead atoms. The average Bonchev–Trinajstić information content (AvgIpc) is 3.12. The molecule has 0 aromatic carbocycles. The predicted molar refractivity (Wildman–Crippen MR) is 97.0 cm³/mol. The Morgan fingerprint density at radius 3 is 2.92 bits per heavy atom. The Morgan fingerprint density at radius 2 is 2.21 bits per heavy atom. The Kier molecular flexibility index (Phi) is 5.04. The maximum absolute atomic E-state index is 12.0. The van der Waals surface area contributed by atoms with Crippen LogP contribution in [0.2, 0.25) is 0 Å². The van der Waals surface area contributed by atoms with Crippen LogP contribution in [0.4, 0.5) is 0 Å². The van der Waals surface area contributed by atoms with Crippen LogP contribution in [-0.2, 0) is 13.0 Å². The second kappa shape index (κ2) is 7.21. The number of rotatable bonds is 6. The van der Waals surface area contributed by atoms with Gasteiger partial charge in [0.15, 0.2) is 10.4 Å². The van der Waals surface area contributed by atoms with Gasteiger partial charge >= 0.3 is 0 Å². The Hall–Kier alpha value is -2.08. The molecule has 0 radical (unpaired) electrons. The van der Waals surface area contributed by atoms with Gasteiger partial charge in [-0.05, 0) is 58.1 Å². The highest BCUT2D eigenvalue weighted by Crippen LogP contribution is 2.21. The fraction of sp³-hybridized carbons (Fsp3) is 0.333. The molecule has 1 N–H and O–H groups in total. The van der Waals surface area contributed by atoms with Gasteiger partial charge in [-0.15, -0.1) is 0 Å². The van der Waals surface area contributed by atoms with Gasteiger partial charge in [0.05, 0.1) is 0 Å². The predicted octanol–water partition coefficient (Wildman–Crippen LogP) is 4.02. The van der Waals surface area contributed by atoms with Gasteiger partial charge in [-0.2, -0.15) is 0 Å². The summed E-state index contributed by atoms with van der Waals surface area (Å²) in [6, 6.07) is 7.39. The van der Waals surface area contributed by atoms with E-state index in [2.05, 4.69) is 56.9 Å². The summed E-state index contributed by atoms with van der Waals surface area (Å²) in [5.74, 6) is 0.656. The Morgan fingerprint density at radius 1 is 1.38 bits per heavy atom. The molecule has 0 aliphatic rings. The van der Waals surface area contributed by atoms with Crippen molar-refractivity contribution in [2.45, 2.75) is 26.8 Å². The van der Waals surface area contributed by atoms with Crippen molar-refractivity contribution in [2.24, 2.45) is 5.92 Å². The summed E-state index contributed by atoms with van der Waals surface area (Å²) in [6.07, 6.45) is 4.72. The zero-order valence-corrected chi connectivity index (χ0v) is 15.3. The summed E-state index contributed by atoms with van der Waals surface area (Å²) in [5.41, 5.74) is 2.20. The van der Waals surface area contributed by atoms with Crippen molar-refractivity contribution in [3.63, 3.8) is 0 Å². The first-order chi connectivity index (χ1) is 11.5. The van der Waals surface area contributed by atoms with Gasteiger partial charge in [0, 0.05) is 30.9 Å². The number of aromatic nitrogens is 2. The fourth-order valence-electron chi connectivity index (χ4n) is 2.76. The number of fused-ring (bicyclic) bond motifs is 1. The van der Waals surface area contributed by atoms with Crippen LogP contribution >= 0.6 is 15.9 Å². The number of furan rings is 1. The Balaban J connectivity index is 1.70. The Labute approximate surface area is 149 Å². The SMILES string of the molecule is CC(C)Cn1cc(CCNC(=O)c2ccc(Br)o2)c2cccnc21. The number of nitrogens with one attached hydrogen (secondary N) is 1. The van der Waals surface area contributed by atoms with E-state index in [1.165, 1.54) is 5.56 Å². The molecule has 3 aromatic rings. The molecule has 24 heavy (non-hydrogen) atoms. The molecular formula is C18H20BrN3O2. The van der Waals surface area contributed by atoms with Gasteiger partial charge in [-0.25, -0.2) is 4.98 Å². The summed E-state index contributed by atoms with van der Waals surface area (Å²) < 4.78 is 8.00. The number of nitrogens with zero attached hydrogens (tertiary/aromatic N) is 2. The second-order valence-corrected chi connectivity index (χ2v) is 6.97. The van der Waals surface area contributed by atoms with Gasteiger partial charge < -0.3 is 14.3 Å². The summed E-state index contributed by atoms with van der Waals surface area (Å²) in [7, 11) is 0. The first kappa shape index (κ1) is 16.8. The van der Waals surface area contributed by atoms with Crippen LogP contribution in [0.1, 0.15) is 30.0 Å². The topological polar surface area (TPSA) is 60.1 Å². The van der Waals surface area contributed by atoms with E-state index in [-0.39, 0.29) is 5.91 Å². The quantitative estimate of drug-likeness (QED) is 0.692. The minimum atomic E-state index is -0.204. The van der Waals surface area contributed by atoms with Crippen LogP contribution < -0.4 is 5.32 Å². The van der Waals surface area contributed by atoms with Crippen LogP contribution in [-0.4, -0.2) is 22.0 Å². The molecule has 0 fully saturated rings. The monoisotopic (exact) mass is 389 g/mol. The smallest absolute Gasteiger partial charge is 0.287 e. The number of amides is 1. The lowest BCUT2D eigenvalue weighted by Crippen LogP contribution is -2.25. The van der Waals surface area contributed by atoms with Crippen molar-refractivity contribution in [1.29, 1.82) is 0 Å². The minimum absolute atomic E-state index is 0.204. The molecule has 3 aromatic heterocycles. The lowest BCUT2D eigenvalue weighted by molar-refractivity contribution is 0.0925. The van der Waals surface area contributed by atoms with Crippen molar-refractivity contribution in [2.75, 3.05) is 6.54 Å². The molecule has 0 saturated heterocycles. The zero-order chi connectivity index (χ0) is 17.1. The number of pyridine rings is 1. The van der Waals surface area contributed by atoms with E-state index in [1.807, 2.05) is 12.3 Å². The van der Waals surface area contributed by atoms with Crippen molar-refractivity contribution in [1.82, 2.24) is 14.9 Å². The van der Waals surface area contributed by atoms with Crippen molar-refractivity contribution in [3.8, 4) is 0 Å². The van der Waals surface area contributed by atoms with Crippen molar-refractivity contribution >= 4 is 32.9 Å². The second-order valence-electron chi connectivity index (χ2n) is 6.18. The van der Waals surface area contributed by atoms with E-state index in [0.29, 0.717) is 22.9 Å². The highest BCUT2D eigenvalue weighted by Gasteiger charge is 2.12. The summed E-state index contributed by atoms with van der Waals surface area (Å²) >= 11 is 3.20. The van der Waals surface area contributed by atoms with E-state index >= 15 is 0 Å². The highest BCUT2D eigenvalue weighted by molar-refractivity contribution is 9.10. The van der Waals surface area contributed by atoms with Gasteiger partial charge in [0.1, 0.15) is 5.65 Å². The van der Waals surface area contributed by atoms with Gasteiger partial charge in [0.2, 0.25) is 0 Å². The molecule has 0 saturated carbocycles. The third-order valence-corrected chi connectivity index (χ3v) is 4.18. The third kappa shape index (κ3) is 3.70. The van der Waals surface area contributed by atoms with E-state index in [0.717, 1.165) is 24.0 Å². The largest absolute Gasteiger partial charge is 0.444 e. The summed E-state index contributed by atoms with van der Waals surface area (Å²) in [4.78, 5) is 16.5. The summed E-state index contributed by atoms with van der Waals surface area (Å²) in [5, 5.41) is 4.04. The molecule has 0 atom stereocenters. The molecule has 0 aliphatic carbocycles. The molecular weight excluding hydrogens is 370 g/mol. The number of hydrogen-bond donors (Lipinski definition) is 1. The molecule has 0 aliphatic heterocycles. The van der Waals surface area contributed by atoms with Crippen LogP contribution in [0.25, 0.3) is 11.0 Å². The van der Waals surface area contributed by atoms with Crippen LogP contribution in [0.15, 0.2) is 45.7 Å². The fourth-order valence-corrected chi connectivity index (χ4v) is 3.07. The van der Waals surface area contributed by atoms with Crippen LogP contribution in [0.3, 0.4) is 0 Å². The Bertz CT molecular complexity index is 851. The van der Waals surface area contributed by atoms with E-state index in [1.54, 1.807) is 12.1 Å². The maximum Gasteiger partial charge on any atom is 0.287 e. The van der Waals surface area contributed by atoms with Gasteiger partial charge in [0.25, 0.3) is 5.91 Å². The molecule has 5 nitrogen and oxygen atoms in total. The maximum atomic E-state index is 12.0. The molecule has 3 heterocycles. The highest BCUT2D eigenvalue weighted by atomic mass is 79.9. The van der Waals surface area contributed by atoms with Crippen LogP contribution in [0.5, 0.6) is 0 Å². The number of carbonyl (C=O) groups is 1. The third-order valence-electron chi connectivity index (χ3n) is 3.76. The lowest BCUT2D eigenvalue weighted by atomic mass is 10.1. The molecule has 0 unspecified atom stereocenters. The normalized spacial score (nSPS) is 11.3. The van der Waals surface area contributed by atoms with Gasteiger partial charge in [-0.1, -0.05) is 13.8 Å². The molecule has 0 spiro atoms. The van der Waals surface area contributed by atoms with E-state index < -0.39 is 0 Å². The molecule has 6 heteroatoms. The average molecular weight is 390 g/mol. The molecule has 126 valence electrons. The van der Waals surface area contributed by atoms with E-state index in [4.69, 9.17) is 4.42 Å². The number of hydrogen-bond acceptors (Lipinski definition) is 3. The first-order valence-electron chi connectivity index (χ1n) is 8.01. The summed E-state index contributed by atoms with van der Waals surface area (Å²) in [6.45, 7) is 5.86. The molecule has 3 rings (SSSR count). The minimum Gasteiger partial charge on any atom is -0.444 e. The van der Waals surface area contributed by atoms with Crippen LogP contribution in [0, 0.1) is 5.92 Å². The zero-order valence-electron chi connectivity index (χ0n) is 13.8. The van der Waals surface area contributed by atoms with E-state index in [9.17, 15) is 4.79 Å². The first-order valence-corrected chi connectivity index (χ1v) is 8.80. The van der Waals surface area contributed by atoms with Crippen molar-refractivity contribution in [3.05, 3.63) is 52.7 Å². The number of halogens is 1. The van der Waals surface area contributed by atoms with Gasteiger partial charge in [-0.3, -0.25) is 4.79 Å². The standard InChI is InChI=1S/C18H20BrN3O2/c1-12(2)10-22-11-13(14-4-3-8-20-17(14)22)7-9-21-18(23)15-5-6-16(19)24-15/h3-6,8,11-12H,7,9-10H2,1-2H3,(H,21,23). The lowest BCUT2D eigenvalue weighted by Gasteiger charge is -2.06. The molecule has 1 amide bonds. The van der Waals surface area contributed by atoms with Crippen molar-refractivity contribution < 1.29 is 9.21 Å². The number of carbonyl (C=O) groups excluding carboxylic acids is 1.